The van der Waals surface area contributed by atoms with Crippen molar-refractivity contribution in [2.45, 2.75) is 6.29 Å². The molecule has 0 atom stereocenters. The SMILES string of the molecule is O=C(O)c1cnn(-c2ccc(C3OC=CO3)cc2)c1. The summed E-state index contributed by atoms with van der Waals surface area (Å²) in [5.41, 5.74) is 1.79. The maximum atomic E-state index is 10.8. The smallest absolute Gasteiger partial charge is 0.338 e. The molecule has 0 saturated heterocycles. The van der Waals surface area contributed by atoms with Gasteiger partial charge in [0.05, 0.1) is 17.4 Å². The van der Waals surface area contributed by atoms with Gasteiger partial charge in [0.2, 0.25) is 0 Å². The number of carboxylic acids is 1. The molecule has 1 aliphatic rings. The largest absolute Gasteiger partial charge is 0.478 e. The van der Waals surface area contributed by atoms with E-state index >= 15 is 0 Å². The van der Waals surface area contributed by atoms with E-state index in [1.807, 2.05) is 24.3 Å². The van der Waals surface area contributed by atoms with E-state index in [2.05, 4.69) is 5.10 Å². The van der Waals surface area contributed by atoms with E-state index in [9.17, 15) is 4.79 Å². The Morgan fingerprint density at radius 2 is 1.89 bits per heavy atom. The summed E-state index contributed by atoms with van der Waals surface area (Å²) in [5, 5.41) is 12.8. The highest BCUT2D eigenvalue weighted by Crippen LogP contribution is 2.24. The van der Waals surface area contributed by atoms with Crippen LogP contribution in [-0.4, -0.2) is 20.9 Å². The van der Waals surface area contributed by atoms with Gasteiger partial charge in [-0.25, -0.2) is 9.48 Å². The van der Waals surface area contributed by atoms with E-state index in [-0.39, 0.29) is 5.56 Å². The van der Waals surface area contributed by atoms with Crippen molar-refractivity contribution in [3.8, 4) is 5.69 Å². The average molecular weight is 258 g/mol. The number of aromatic nitrogens is 2. The van der Waals surface area contributed by atoms with Gasteiger partial charge >= 0.3 is 5.97 Å². The number of nitrogens with zero attached hydrogens (tertiary/aromatic N) is 2. The van der Waals surface area contributed by atoms with Crippen LogP contribution in [0.5, 0.6) is 0 Å². The molecular formula is C13H10N2O4. The van der Waals surface area contributed by atoms with Gasteiger partial charge < -0.3 is 14.6 Å². The lowest BCUT2D eigenvalue weighted by Gasteiger charge is -2.10. The Bertz CT molecular complexity index is 622. The topological polar surface area (TPSA) is 73.6 Å². The van der Waals surface area contributed by atoms with Crippen LogP contribution in [0.25, 0.3) is 5.69 Å². The first-order chi connectivity index (χ1) is 9.24. The van der Waals surface area contributed by atoms with Crippen molar-refractivity contribution in [3.63, 3.8) is 0 Å². The van der Waals surface area contributed by atoms with Crippen molar-refractivity contribution in [1.29, 1.82) is 0 Å². The van der Waals surface area contributed by atoms with Crippen molar-refractivity contribution >= 4 is 5.97 Å². The van der Waals surface area contributed by atoms with Crippen LogP contribution in [-0.2, 0) is 9.47 Å². The van der Waals surface area contributed by atoms with Crippen LogP contribution in [0.4, 0.5) is 0 Å². The fourth-order valence-electron chi connectivity index (χ4n) is 1.75. The van der Waals surface area contributed by atoms with Crippen molar-refractivity contribution in [2.75, 3.05) is 0 Å². The lowest BCUT2D eigenvalue weighted by molar-refractivity contribution is -0.0245. The molecule has 2 aromatic rings. The first kappa shape index (κ1) is 11.3. The number of rotatable bonds is 3. The molecule has 1 N–H and O–H groups in total. The molecule has 19 heavy (non-hydrogen) atoms. The van der Waals surface area contributed by atoms with Gasteiger partial charge in [-0.15, -0.1) is 0 Å². The molecule has 96 valence electrons. The summed E-state index contributed by atoms with van der Waals surface area (Å²) in [6.45, 7) is 0. The van der Waals surface area contributed by atoms with Crippen LogP contribution in [0, 0.1) is 0 Å². The molecule has 6 heteroatoms. The van der Waals surface area contributed by atoms with Gasteiger partial charge in [-0.1, -0.05) is 0 Å². The minimum Gasteiger partial charge on any atom is -0.478 e. The second-order valence-electron chi connectivity index (χ2n) is 3.95. The van der Waals surface area contributed by atoms with E-state index in [1.54, 1.807) is 0 Å². The molecule has 0 bridgehead atoms. The van der Waals surface area contributed by atoms with Crippen molar-refractivity contribution in [1.82, 2.24) is 9.78 Å². The quantitative estimate of drug-likeness (QED) is 0.912. The second-order valence-corrected chi connectivity index (χ2v) is 3.95. The Hall–Kier alpha value is -2.76. The van der Waals surface area contributed by atoms with Crippen molar-refractivity contribution in [3.05, 3.63) is 60.3 Å². The lowest BCUT2D eigenvalue weighted by atomic mass is 10.2. The summed E-state index contributed by atoms with van der Waals surface area (Å²) in [6.07, 6.45) is 5.34. The summed E-state index contributed by atoms with van der Waals surface area (Å²) < 4.78 is 11.9. The Kier molecular flexibility index (Phi) is 2.68. The first-order valence-electron chi connectivity index (χ1n) is 5.58. The third-order valence-corrected chi connectivity index (χ3v) is 2.72. The van der Waals surface area contributed by atoms with Crippen LogP contribution in [0.15, 0.2) is 49.2 Å². The van der Waals surface area contributed by atoms with Crippen LogP contribution < -0.4 is 0 Å². The number of hydrogen-bond donors (Lipinski definition) is 1. The number of aromatic carboxylic acids is 1. The Morgan fingerprint density at radius 3 is 2.47 bits per heavy atom. The first-order valence-corrected chi connectivity index (χ1v) is 5.58. The molecule has 0 fully saturated rings. The fraction of sp³-hybridized carbons (Fsp3) is 0.0769. The molecule has 3 rings (SSSR count). The molecular weight excluding hydrogens is 248 g/mol. The maximum absolute atomic E-state index is 10.8. The summed E-state index contributed by atoms with van der Waals surface area (Å²) in [6, 6.07) is 7.32. The number of ether oxygens (including phenoxy) is 2. The number of hydrogen-bond acceptors (Lipinski definition) is 4. The number of carbonyl (C=O) groups is 1. The van der Waals surface area contributed by atoms with Crippen LogP contribution >= 0.6 is 0 Å². The van der Waals surface area contributed by atoms with Gasteiger partial charge in [-0.3, -0.25) is 0 Å². The van der Waals surface area contributed by atoms with E-state index < -0.39 is 12.3 Å². The normalized spacial score (nSPS) is 14.1. The van der Waals surface area contributed by atoms with Gasteiger partial charge in [0.25, 0.3) is 6.29 Å². The summed E-state index contributed by atoms with van der Waals surface area (Å²) in [7, 11) is 0. The minimum atomic E-state index is -0.998. The van der Waals surface area contributed by atoms with Gasteiger partial charge in [-0.2, -0.15) is 5.10 Å². The second kappa shape index (κ2) is 4.49. The van der Waals surface area contributed by atoms with Gasteiger partial charge in [-0.05, 0) is 24.3 Å². The molecule has 1 aliphatic heterocycles. The van der Waals surface area contributed by atoms with E-state index in [0.29, 0.717) is 0 Å². The Morgan fingerprint density at radius 1 is 1.21 bits per heavy atom. The fourth-order valence-corrected chi connectivity index (χ4v) is 1.75. The molecule has 2 heterocycles. The Balaban J connectivity index is 1.83. The van der Waals surface area contributed by atoms with Gasteiger partial charge in [0.15, 0.2) is 0 Å². The lowest BCUT2D eigenvalue weighted by Crippen LogP contribution is -1.99. The zero-order valence-electron chi connectivity index (χ0n) is 9.76. The third kappa shape index (κ3) is 2.15. The highest BCUT2D eigenvalue weighted by atomic mass is 16.7. The molecule has 0 saturated carbocycles. The predicted molar refractivity (Wildman–Crippen MR) is 64.6 cm³/mol. The summed E-state index contributed by atoms with van der Waals surface area (Å²) in [4.78, 5) is 10.8. The maximum Gasteiger partial charge on any atom is 0.338 e. The summed E-state index contributed by atoms with van der Waals surface area (Å²) >= 11 is 0. The molecule has 1 aromatic carbocycles. The van der Waals surface area contributed by atoms with Crippen molar-refractivity contribution < 1.29 is 19.4 Å². The predicted octanol–water partition coefficient (Wildman–Crippen LogP) is 2.09. The van der Waals surface area contributed by atoms with Crippen LogP contribution in [0.2, 0.25) is 0 Å². The highest BCUT2D eigenvalue weighted by Gasteiger charge is 2.15. The van der Waals surface area contributed by atoms with Gasteiger partial charge in [0, 0.05) is 11.8 Å². The van der Waals surface area contributed by atoms with E-state index in [0.717, 1.165) is 11.3 Å². The standard InChI is InChI=1S/C13H10N2O4/c16-12(17)10-7-14-15(8-10)11-3-1-9(2-4-11)13-18-5-6-19-13/h1-8,13H,(H,16,17). The minimum absolute atomic E-state index is 0.149. The summed E-state index contributed by atoms with van der Waals surface area (Å²) in [5.74, 6) is -0.998. The van der Waals surface area contributed by atoms with Crippen molar-refractivity contribution in [2.24, 2.45) is 0 Å². The molecule has 1 aromatic heterocycles. The zero-order chi connectivity index (χ0) is 13.2. The van der Waals surface area contributed by atoms with Crippen LogP contribution in [0.3, 0.4) is 0 Å². The number of carboxylic acid groups (broad SMARTS) is 1. The Labute approximate surface area is 108 Å². The molecule has 0 unspecified atom stereocenters. The van der Waals surface area contributed by atoms with Crippen LogP contribution in [0.1, 0.15) is 22.2 Å². The molecule has 6 nitrogen and oxygen atoms in total. The molecule has 0 amide bonds. The average Bonchev–Trinajstić information content (AvgIpc) is 3.11. The van der Waals surface area contributed by atoms with E-state index in [1.165, 1.54) is 29.6 Å². The monoisotopic (exact) mass is 258 g/mol. The molecule has 0 radical (unpaired) electrons. The molecule has 0 aliphatic carbocycles. The zero-order valence-corrected chi connectivity index (χ0v) is 9.76. The molecule has 0 spiro atoms. The highest BCUT2D eigenvalue weighted by molar-refractivity contribution is 5.86. The number of benzene rings is 1. The van der Waals surface area contributed by atoms with Gasteiger partial charge in [0.1, 0.15) is 12.5 Å². The third-order valence-electron chi connectivity index (χ3n) is 2.72. The van der Waals surface area contributed by atoms with E-state index in [4.69, 9.17) is 14.6 Å².